The molecule has 2 saturated heterocycles. The summed E-state index contributed by atoms with van der Waals surface area (Å²) in [5.74, 6) is 2.81. The van der Waals surface area contributed by atoms with Gasteiger partial charge in [0, 0.05) is 29.9 Å². The Balaban J connectivity index is 0.967. The predicted molar refractivity (Wildman–Crippen MR) is 269 cm³/mol. The van der Waals surface area contributed by atoms with Crippen molar-refractivity contribution in [3.63, 3.8) is 0 Å². The summed E-state index contributed by atoms with van der Waals surface area (Å²) < 4.78 is 11.7. The molecule has 6 aromatic rings. The standard InChI is InChI=1S/C54H65N11O6/c1-32(2)45(59-53(68)70-5)51(66)63-28-10-14-43(63)47-55-30-41(57-47)36-16-20-38(21-17-36)49-61-62-50(65(49)40-26-24-35(25-27-40)34-12-8-7-9-13-34)39-22-18-37(19-23-39)42-31-56-48(58-42)44-15-11-29-64(44)52(67)46(33(3)4)60-54(69)71-6/h16-27,30-34,43-46H,7-15,28-29H2,1-6H3,(H,55,57)(H,56,58)(H,59,68)(H,60,69). The molecule has 3 aromatic carbocycles. The number of amides is 4. The lowest BCUT2D eigenvalue weighted by Gasteiger charge is -2.30. The number of carbonyl (C=O) groups excluding carboxylic acids is 4. The van der Waals surface area contributed by atoms with Crippen LogP contribution in [0.25, 0.3) is 51.0 Å². The van der Waals surface area contributed by atoms with Crippen LogP contribution in [-0.4, -0.2) is 108 Å². The Bertz CT molecular complexity index is 2650. The van der Waals surface area contributed by atoms with E-state index in [4.69, 9.17) is 29.6 Å². The Labute approximate surface area is 414 Å². The number of H-pyrrole nitrogens is 2. The van der Waals surface area contributed by atoms with E-state index < -0.39 is 24.3 Å². The normalized spacial score (nSPS) is 18.2. The third-order valence-electron chi connectivity index (χ3n) is 14.5. The summed E-state index contributed by atoms with van der Waals surface area (Å²) >= 11 is 0. The van der Waals surface area contributed by atoms with Crippen molar-refractivity contribution >= 4 is 24.0 Å². The van der Waals surface area contributed by atoms with Crippen LogP contribution in [0, 0.1) is 11.8 Å². The molecule has 17 heteroatoms. The van der Waals surface area contributed by atoms with Gasteiger partial charge in [0.2, 0.25) is 11.8 Å². The number of alkyl carbamates (subject to hydrolysis) is 2. The number of hydrogen-bond donors (Lipinski definition) is 4. The summed E-state index contributed by atoms with van der Waals surface area (Å²) in [4.78, 5) is 71.8. The van der Waals surface area contributed by atoms with E-state index in [9.17, 15) is 19.2 Å². The van der Waals surface area contributed by atoms with E-state index in [-0.39, 0.29) is 35.7 Å². The first-order valence-corrected chi connectivity index (χ1v) is 25.1. The van der Waals surface area contributed by atoms with Crippen molar-refractivity contribution in [1.29, 1.82) is 0 Å². The highest BCUT2D eigenvalue weighted by atomic mass is 16.5. The molecule has 4 amide bonds. The number of nitrogens with zero attached hydrogens (tertiary/aromatic N) is 7. The second-order valence-corrected chi connectivity index (χ2v) is 19.7. The maximum atomic E-state index is 13.8. The lowest BCUT2D eigenvalue weighted by atomic mass is 9.84. The van der Waals surface area contributed by atoms with Gasteiger partial charge in [-0.2, -0.15) is 0 Å². The van der Waals surface area contributed by atoms with Gasteiger partial charge in [-0.1, -0.05) is 108 Å². The number of rotatable bonds is 14. The van der Waals surface area contributed by atoms with E-state index in [0.29, 0.717) is 42.3 Å². The van der Waals surface area contributed by atoms with Gasteiger partial charge in [-0.3, -0.25) is 14.2 Å². The van der Waals surface area contributed by atoms with Crippen molar-refractivity contribution in [2.75, 3.05) is 27.3 Å². The fraction of sp³-hybridized carbons (Fsp3) is 0.444. The zero-order valence-electron chi connectivity index (χ0n) is 41.5. The quantitative estimate of drug-likeness (QED) is 0.0814. The molecule has 3 fully saturated rings. The zero-order chi connectivity index (χ0) is 49.8. The summed E-state index contributed by atoms with van der Waals surface area (Å²) in [5.41, 5.74) is 7.60. The van der Waals surface area contributed by atoms with E-state index in [1.54, 1.807) is 12.4 Å². The molecule has 372 valence electrons. The number of aromatic amines is 2. The minimum absolute atomic E-state index is 0.126. The van der Waals surface area contributed by atoms with E-state index in [2.05, 4.69) is 49.4 Å². The highest BCUT2D eigenvalue weighted by molar-refractivity contribution is 5.87. The Morgan fingerprint density at radius 1 is 0.563 bits per heavy atom. The van der Waals surface area contributed by atoms with Crippen LogP contribution in [0.1, 0.15) is 121 Å². The number of aromatic nitrogens is 7. The van der Waals surface area contributed by atoms with E-state index >= 15 is 0 Å². The molecule has 0 radical (unpaired) electrons. The molecule has 4 unspecified atom stereocenters. The molecule has 3 aliphatic rings. The fourth-order valence-corrected chi connectivity index (χ4v) is 10.5. The number of likely N-dealkylation sites (tertiary alicyclic amines) is 2. The highest BCUT2D eigenvalue weighted by Gasteiger charge is 2.39. The third-order valence-corrected chi connectivity index (χ3v) is 14.5. The molecule has 9 rings (SSSR count). The SMILES string of the molecule is COC(=O)NC(C(=O)N1CCCC1c1ncc(-c2ccc(-c3nnc(-c4ccc(-c5cnc(C6CCCN6C(=O)C(NC(=O)OC)C(C)C)[nH]5)cc4)n3-c3ccc(C4CCCCC4)cc3)cc2)[nH]1)C(C)C. The first-order chi connectivity index (χ1) is 34.4. The zero-order valence-corrected chi connectivity index (χ0v) is 41.5. The minimum Gasteiger partial charge on any atom is -0.453 e. The van der Waals surface area contributed by atoms with Crippen LogP contribution < -0.4 is 10.6 Å². The summed E-state index contributed by atoms with van der Waals surface area (Å²) in [6, 6.07) is 23.3. The van der Waals surface area contributed by atoms with Crippen LogP contribution in [0.5, 0.6) is 0 Å². The largest absolute Gasteiger partial charge is 0.453 e. The Hall–Kier alpha value is -7.30. The fourth-order valence-electron chi connectivity index (χ4n) is 10.5. The van der Waals surface area contributed by atoms with Crippen molar-refractivity contribution in [2.24, 2.45) is 11.8 Å². The Kier molecular flexibility index (Phi) is 14.7. The van der Waals surface area contributed by atoms with Gasteiger partial charge in [0.25, 0.3) is 0 Å². The van der Waals surface area contributed by atoms with Crippen LogP contribution >= 0.6 is 0 Å². The van der Waals surface area contributed by atoms with Gasteiger partial charge in [0.1, 0.15) is 23.7 Å². The molecule has 2 aliphatic heterocycles. The molecule has 0 spiro atoms. The Morgan fingerprint density at radius 2 is 0.986 bits per heavy atom. The van der Waals surface area contributed by atoms with Gasteiger partial charge in [-0.15, -0.1) is 10.2 Å². The second-order valence-electron chi connectivity index (χ2n) is 19.7. The Morgan fingerprint density at radius 3 is 1.39 bits per heavy atom. The molecule has 1 aliphatic carbocycles. The van der Waals surface area contributed by atoms with Crippen molar-refractivity contribution in [1.82, 2.24) is 55.1 Å². The van der Waals surface area contributed by atoms with Crippen LogP contribution in [0.2, 0.25) is 0 Å². The molecule has 71 heavy (non-hydrogen) atoms. The molecular formula is C54H65N11O6. The highest BCUT2D eigenvalue weighted by Crippen LogP contribution is 2.38. The lowest BCUT2D eigenvalue weighted by molar-refractivity contribution is -0.136. The molecule has 17 nitrogen and oxygen atoms in total. The molecule has 1 saturated carbocycles. The number of carbonyl (C=O) groups is 4. The van der Waals surface area contributed by atoms with Gasteiger partial charge < -0.3 is 39.9 Å². The van der Waals surface area contributed by atoms with Crippen molar-refractivity contribution in [3.05, 3.63) is 102 Å². The van der Waals surface area contributed by atoms with Gasteiger partial charge in [-0.05, 0) is 85.1 Å². The first kappa shape index (κ1) is 48.7. The monoisotopic (exact) mass is 964 g/mol. The van der Waals surface area contributed by atoms with E-state index in [0.717, 1.165) is 65.0 Å². The van der Waals surface area contributed by atoms with Gasteiger partial charge in [0.15, 0.2) is 11.6 Å². The summed E-state index contributed by atoms with van der Waals surface area (Å²) in [5, 5.41) is 15.1. The van der Waals surface area contributed by atoms with Crippen LogP contribution in [-0.2, 0) is 19.1 Å². The third kappa shape index (κ3) is 10.3. The van der Waals surface area contributed by atoms with Crippen LogP contribution in [0.4, 0.5) is 9.59 Å². The maximum Gasteiger partial charge on any atom is 0.407 e. The molecule has 3 aromatic heterocycles. The van der Waals surface area contributed by atoms with Crippen LogP contribution in [0.15, 0.2) is 85.2 Å². The number of benzene rings is 3. The number of methoxy groups -OCH3 is 2. The van der Waals surface area contributed by atoms with Gasteiger partial charge >= 0.3 is 12.2 Å². The molecular weight excluding hydrogens is 899 g/mol. The molecule has 0 bridgehead atoms. The summed E-state index contributed by atoms with van der Waals surface area (Å²) in [7, 11) is 2.59. The average molecular weight is 964 g/mol. The van der Waals surface area contributed by atoms with Crippen LogP contribution in [0.3, 0.4) is 0 Å². The molecule has 4 atom stereocenters. The topological polar surface area (TPSA) is 205 Å². The summed E-state index contributed by atoms with van der Waals surface area (Å²) in [6.07, 6.45) is 11.8. The lowest BCUT2D eigenvalue weighted by Crippen LogP contribution is -2.51. The minimum atomic E-state index is -0.712. The van der Waals surface area contributed by atoms with Crippen molar-refractivity contribution in [2.45, 2.75) is 116 Å². The van der Waals surface area contributed by atoms with Crippen molar-refractivity contribution in [3.8, 4) is 51.0 Å². The van der Waals surface area contributed by atoms with Gasteiger partial charge in [0.05, 0.1) is 50.1 Å². The second kappa shape index (κ2) is 21.4. The predicted octanol–water partition coefficient (Wildman–Crippen LogP) is 9.52. The van der Waals surface area contributed by atoms with Crippen molar-refractivity contribution < 1.29 is 28.7 Å². The maximum absolute atomic E-state index is 13.8. The smallest absolute Gasteiger partial charge is 0.407 e. The number of nitrogens with one attached hydrogen (secondary N) is 4. The average Bonchev–Trinajstić information content (AvgIpc) is 4.27. The van der Waals surface area contributed by atoms with E-state index in [1.165, 1.54) is 51.9 Å². The van der Waals surface area contributed by atoms with Gasteiger partial charge in [-0.25, -0.2) is 19.6 Å². The first-order valence-electron chi connectivity index (χ1n) is 25.1. The number of imidazole rings is 2. The summed E-state index contributed by atoms with van der Waals surface area (Å²) in [6.45, 7) is 8.77. The number of hydrogen-bond acceptors (Lipinski definition) is 10. The van der Waals surface area contributed by atoms with E-state index in [1.807, 2.05) is 86.0 Å². The molecule has 5 heterocycles. The number of ether oxygens (including phenoxy) is 2. The molecule has 4 N–H and O–H groups in total.